The normalized spacial score (nSPS) is 24.6. The van der Waals surface area contributed by atoms with Gasteiger partial charge < -0.3 is 20.4 Å². The van der Waals surface area contributed by atoms with E-state index in [1.165, 1.54) is 6.07 Å². The third kappa shape index (κ3) is 2.58. The van der Waals surface area contributed by atoms with E-state index in [1.54, 1.807) is 13.0 Å². The smallest absolute Gasteiger partial charge is 0.123 e. The van der Waals surface area contributed by atoms with E-state index in [1.807, 2.05) is 4.90 Å². The molecular weight excluding hydrogens is 234 g/mol. The molecule has 2 atom stereocenters. The van der Waals surface area contributed by atoms with E-state index in [0.717, 1.165) is 5.56 Å². The number of aryl methyl sites for hydroxylation is 1. The molecule has 2 rings (SSSR count). The van der Waals surface area contributed by atoms with Crippen LogP contribution < -0.4 is 0 Å². The number of aliphatic hydroxyl groups excluding tert-OH is 2. The number of phenolic OH excluding ortho intramolecular Hbond substituents is 2. The van der Waals surface area contributed by atoms with E-state index in [0.29, 0.717) is 25.2 Å². The Labute approximate surface area is 106 Å². The topological polar surface area (TPSA) is 84.2 Å². The Morgan fingerprint density at radius 1 is 1.22 bits per heavy atom. The molecule has 2 unspecified atom stereocenters. The molecule has 0 spiro atoms. The van der Waals surface area contributed by atoms with Crippen molar-refractivity contribution < 1.29 is 20.4 Å². The van der Waals surface area contributed by atoms with Crippen molar-refractivity contribution >= 4 is 0 Å². The molecule has 5 nitrogen and oxygen atoms in total. The molecule has 0 aliphatic carbocycles. The molecular formula is C13H19NO4. The van der Waals surface area contributed by atoms with Gasteiger partial charge in [-0.2, -0.15) is 0 Å². The summed E-state index contributed by atoms with van der Waals surface area (Å²) in [7, 11) is 0. The van der Waals surface area contributed by atoms with Gasteiger partial charge in [-0.15, -0.1) is 0 Å². The summed E-state index contributed by atoms with van der Waals surface area (Å²) in [5.41, 5.74) is 1.43. The second-order valence-corrected chi connectivity index (χ2v) is 4.97. The first kappa shape index (κ1) is 13.1. The van der Waals surface area contributed by atoms with Gasteiger partial charge in [0, 0.05) is 43.8 Å². The van der Waals surface area contributed by atoms with Gasteiger partial charge in [0.1, 0.15) is 11.5 Å². The lowest BCUT2D eigenvalue weighted by molar-refractivity contribution is 0.103. The molecule has 0 bridgehead atoms. The van der Waals surface area contributed by atoms with Crippen LogP contribution in [0, 0.1) is 12.8 Å². The minimum absolute atomic E-state index is 0.0295. The maximum atomic E-state index is 9.77. The molecule has 1 aromatic carbocycles. The Hall–Kier alpha value is -1.30. The van der Waals surface area contributed by atoms with Crippen molar-refractivity contribution in [3.63, 3.8) is 0 Å². The third-order valence-corrected chi connectivity index (χ3v) is 3.51. The van der Waals surface area contributed by atoms with Crippen LogP contribution in [-0.4, -0.2) is 51.1 Å². The molecule has 0 aromatic heterocycles. The molecule has 1 aliphatic heterocycles. The Bertz CT molecular complexity index is 435. The van der Waals surface area contributed by atoms with Crippen molar-refractivity contribution in [3.8, 4) is 11.5 Å². The number of rotatable bonds is 3. The Morgan fingerprint density at radius 2 is 1.94 bits per heavy atom. The highest BCUT2D eigenvalue weighted by molar-refractivity contribution is 5.44. The molecule has 1 saturated heterocycles. The summed E-state index contributed by atoms with van der Waals surface area (Å²) in [4.78, 5) is 1.98. The fourth-order valence-electron chi connectivity index (χ4n) is 2.36. The van der Waals surface area contributed by atoms with E-state index in [9.17, 15) is 15.3 Å². The molecule has 4 N–H and O–H groups in total. The second-order valence-electron chi connectivity index (χ2n) is 4.97. The zero-order valence-electron chi connectivity index (χ0n) is 10.4. The maximum absolute atomic E-state index is 9.77. The van der Waals surface area contributed by atoms with Crippen LogP contribution in [0.2, 0.25) is 0 Å². The highest BCUT2D eigenvalue weighted by atomic mass is 16.3. The van der Waals surface area contributed by atoms with Gasteiger partial charge >= 0.3 is 0 Å². The Balaban J connectivity index is 2.09. The number of likely N-dealkylation sites (tertiary alicyclic amines) is 1. The molecule has 5 heteroatoms. The minimum Gasteiger partial charge on any atom is -0.508 e. The predicted molar refractivity (Wildman–Crippen MR) is 66.4 cm³/mol. The first-order valence-corrected chi connectivity index (χ1v) is 6.04. The summed E-state index contributed by atoms with van der Waals surface area (Å²) in [5.74, 6) is 0.0105. The van der Waals surface area contributed by atoms with Gasteiger partial charge in [0.25, 0.3) is 0 Å². The van der Waals surface area contributed by atoms with Crippen molar-refractivity contribution in [2.24, 2.45) is 5.92 Å². The highest BCUT2D eigenvalue weighted by Gasteiger charge is 2.30. The average Bonchev–Trinajstić information content (AvgIpc) is 2.66. The summed E-state index contributed by atoms with van der Waals surface area (Å²) in [5, 5.41) is 38.0. The zero-order chi connectivity index (χ0) is 13.3. The number of nitrogens with zero attached hydrogens (tertiary/aromatic N) is 1. The summed E-state index contributed by atoms with van der Waals surface area (Å²) in [6.07, 6.45) is -0.518. The van der Waals surface area contributed by atoms with Crippen LogP contribution in [0.25, 0.3) is 0 Å². The van der Waals surface area contributed by atoms with Crippen LogP contribution in [0.5, 0.6) is 11.5 Å². The first-order valence-electron chi connectivity index (χ1n) is 6.04. The maximum Gasteiger partial charge on any atom is 0.123 e. The van der Waals surface area contributed by atoms with Crippen LogP contribution >= 0.6 is 0 Å². The van der Waals surface area contributed by atoms with E-state index >= 15 is 0 Å². The van der Waals surface area contributed by atoms with Crippen LogP contribution in [0.1, 0.15) is 11.1 Å². The van der Waals surface area contributed by atoms with Gasteiger partial charge in [0.2, 0.25) is 0 Å². The van der Waals surface area contributed by atoms with Crippen molar-refractivity contribution in [1.29, 1.82) is 0 Å². The van der Waals surface area contributed by atoms with Gasteiger partial charge in [-0.05, 0) is 18.6 Å². The monoisotopic (exact) mass is 253 g/mol. The minimum atomic E-state index is -0.518. The molecule has 1 heterocycles. The summed E-state index contributed by atoms with van der Waals surface area (Å²) >= 11 is 0. The fraction of sp³-hybridized carbons (Fsp3) is 0.538. The van der Waals surface area contributed by atoms with E-state index in [-0.39, 0.29) is 24.0 Å². The van der Waals surface area contributed by atoms with Gasteiger partial charge in [-0.3, -0.25) is 4.90 Å². The molecule has 0 saturated carbocycles. The summed E-state index contributed by atoms with van der Waals surface area (Å²) in [6.45, 7) is 3.34. The predicted octanol–water partition coefficient (Wildman–Crippen LogP) is 0.191. The van der Waals surface area contributed by atoms with E-state index in [4.69, 9.17) is 5.11 Å². The molecule has 1 fully saturated rings. The van der Waals surface area contributed by atoms with Crippen LogP contribution in [0.4, 0.5) is 0 Å². The fourth-order valence-corrected chi connectivity index (χ4v) is 2.36. The number of benzene rings is 1. The first-order chi connectivity index (χ1) is 8.51. The lowest BCUT2D eigenvalue weighted by Gasteiger charge is -2.17. The number of aromatic hydroxyl groups is 2. The summed E-state index contributed by atoms with van der Waals surface area (Å²) < 4.78 is 0. The van der Waals surface area contributed by atoms with Crippen LogP contribution in [-0.2, 0) is 6.54 Å². The largest absolute Gasteiger partial charge is 0.508 e. The molecule has 18 heavy (non-hydrogen) atoms. The van der Waals surface area contributed by atoms with Crippen molar-refractivity contribution in [1.82, 2.24) is 4.90 Å². The zero-order valence-corrected chi connectivity index (χ0v) is 10.4. The number of β-amino-alcohol motifs (C(OH)–C–C–N with tert-alkyl or cyclic N) is 1. The SMILES string of the molecule is Cc1cc(CN2CC(O)C(CO)C2)c(O)cc1O. The van der Waals surface area contributed by atoms with Gasteiger partial charge in [0.05, 0.1) is 6.10 Å². The number of phenols is 2. The number of hydrogen-bond donors (Lipinski definition) is 4. The Morgan fingerprint density at radius 3 is 2.56 bits per heavy atom. The summed E-state index contributed by atoms with van der Waals surface area (Å²) in [6, 6.07) is 3.07. The molecule has 0 radical (unpaired) electrons. The second kappa shape index (κ2) is 5.14. The van der Waals surface area contributed by atoms with E-state index in [2.05, 4.69) is 0 Å². The third-order valence-electron chi connectivity index (χ3n) is 3.51. The molecule has 1 aromatic rings. The highest BCUT2D eigenvalue weighted by Crippen LogP contribution is 2.29. The van der Waals surface area contributed by atoms with Crippen LogP contribution in [0.15, 0.2) is 12.1 Å². The van der Waals surface area contributed by atoms with Gasteiger partial charge in [0.15, 0.2) is 0 Å². The average molecular weight is 253 g/mol. The Kier molecular flexibility index (Phi) is 3.75. The standard InChI is InChI=1S/C13H19NO4/c1-8-2-9(12(17)3-11(8)16)4-14-5-10(7-15)13(18)6-14/h2-3,10,13,15-18H,4-7H2,1H3. The van der Waals surface area contributed by atoms with Crippen LogP contribution in [0.3, 0.4) is 0 Å². The lowest BCUT2D eigenvalue weighted by atomic mass is 10.1. The lowest BCUT2D eigenvalue weighted by Crippen LogP contribution is -2.21. The van der Waals surface area contributed by atoms with Crippen molar-refractivity contribution in [2.45, 2.75) is 19.6 Å². The van der Waals surface area contributed by atoms with E-state index < -0.39 is 6.10 Å². The quantitative estimate of drug-likeness (QED) is 0.618. The number of hydrogen-bond acceptors (Lipinski definition) is 5. The van der Waals surface area contributed by atoms with Crippen molar-refractivity contribution in [3.05, 3.63) is 23.3 Å². The van der Waals surface area contributed by atoms with Gasteiger partial charge in [-0.25, -0.2) is 0 Å². The number of aliphatic hydroxyl groups is 2. The molecule has 100 valence electrons. The molecule has 0 amide bonds. The molecule has 1 aliphatic rings. The van der Waals surface area contributed by atoms with Gasteiger partial charge in [-0.1, -0.05) is 0 Å². The van der Waals surface area contributed by atoms with Crippen molar-refractivity contribution in [2.75, 3.05) is 19.7 Å².